The Morgan fingerprint density at radius 1 is 1.27 bits per heavy atom. The number of carbonyl (C=O) groups excluding carboxylic acids is 2. The van der Waals surface area contributed by atoms with Gasteiger partial charge in [-0.15, -0.1) is 11.3 Å². The predicted molar refractivity (Wildman–Crippen MR) is 143 cm³/mol. The number of fused-ring (bicyclic) bond motifs is 1. The summed E-state index contributed by atoms with van der Waals surface area (Å²) in [5.74, 6) is 0.645. The summed E-state index contributed by atoms with van der Waals surface area (Å²) >= 11 is 6.82. The summed E-state index contributed by atoms with van der Waals surface area (Å²) in [7, 11) is 1.56. The van der Waals surface area contributed by atoms with E-state index in [9.17, 15) is 18.4 Å². The van der Waals surface area contributed by atoms with Crippen molar-refractivity contribution in [2.75, 3.05) is 17.2 Å². The Labute approximate surface area is 223 Å². The van der Waals surface area contributed by atoms with E-state index in [4.69, 9.17) is 17.0 Å². The molecule has 9 nitrogen and oxygen atoms in total. The van der Waals surface area contributed by atoms with Gasteiger partial charge < -0.3 is 20.7 Å². The van der Waals surface area contributed by atoms with Gasteiger partial charge in [-0.3, -0.25) is 14.8 Å². The molecule has 4 N–H and O–H groups in total. The van der Waals surface area contributed by atoms with Crippen molar-refractivity contribution in [3.05, 3.63) is 27.8 Å². The standard InChI is InChI=1S/C24H32F2N6O3S2/c1-24(2,3)35-23(34)30-21-18(20(33)27-11-12-5-6-12)14-9-13(7-8-16(14)37-21)28-22(36)29-17-10-15(19(25)26)31-32(17)4/h10,12-13,19H,5-9,11H2,1-4H3,(H,27,33)(H,30,34)(H2,28,29,36)/t13-/m0/s1. The van der Waals surface area contributed by atoms with Crippen LogP contribution in [0.1, 0.15) is 73.0 Å². The molecule has 2 amide bonds. The number of hydrogen-bond donors (Lipinski definition) is 4. The number of thiophene rings is 1. The Morgan fingerprint density at radius 3 is 2.62 bits per heavy atom. The normalized spacial score (nSPS) is 17.2. The molecule has 0 spiro atoms. The van der Waals surface area contributed by atoms with Crippen molar-refractivity contribution in [2.45, 2.75) is 70.9 Å². The average Bonchev–Trinajstić information content (AvgIpc) is 3.45. The van der Waals surface area contributed by atoms with E-state index in [1.165, 1.54) is 22.1 Å². The van der Waals surface area contributed by atoms with Gasteiger partial charge in [0.05, 0.1) is 5.56 Å². The fraction of sp³-hybridized carbons (Fsp3) is 0.583. The van der Waals surface area contributed by atoms with Gasteiger partial charge in [0.15, 0.2) is 5.11 Å². The van der Waals surface area contributed by atoms with Crippen LogP contribution in [0.5, 0.6) is 0 Å². The van der Waals surface area contributed by atoms with Crippen LogP contribution in [-0.2, 0) is 24.6 Å². The molecule has 37 heavy (non-hydrogen) atoms. The molecule has 0 aliphatic heterocycles. The average molecular weight is 555 g/mol. The molecule has 0 bridgehead atoms. The Hall–Kier alpha value is -2.80. The fourth-order valence-electron chi connectivity index (χ4n) is 4.13. The molecule has 1 atom stereocenters. The number of anilines is 2. The maximum absolute atomic E-state index is 13.2. The number of rotatable bonds is 7. The van der Waals surface area contributed by atoms with Gasteiger partial charge in [0.1, 0.15) is 22.1 Å². The first-order valence-electron chi connectivity index (χ1n) is 12.2. The number of carbonyl (C=O) groups is 2. The van der Waals surface area contributed by atoms with Crippen LogP contribution < -0.4 is 21.3 Å². The molecular formula is C24H32F2N6O3S2. The lowest BCUT2D eigenvalue weighted by Crippen LogP contribution is -2.41. The third-order valence-corrected chi connectivity index (χ3v) is 7.48. The highest BCUT2D eigenvalue weighted by molar-refractivity contribution is 7.80. The molecular weight excluding hydrogens is 522 g/mol. The van der Waals surface area contributed by atoms with E-state index in [1.54, 1.807) is 27.8 Å². The maximum atomic E-state index is 13.2. The number of hydrogen-bond acceptors (Lipinski definition) is 6. The van der Waals surface area contributed by atoms with E-state index >= 15 is 0 Å². The minimum absolute atomic E-state index is 0.0887. The molecule has 2 aliphatic carbocycles. The molecule has 1 fully saturated rings. The Morgan fingerprint density at radius 2 is 2.00 bits per heavy atom. The SMILES string of the molecule is Cn1nc(C(F)F)cc1NC(=S)N[C@H]1CCc2sc(NC(=O)OC(C)(C)C)c(C(=O)NCC3CC3)c2C1. The first-order valence-corrected chi connectivity index (χ1v) is 13.4. The predicted octanol–water partition coefficient (Wildman–Crippen LogP) is 4.75. The monoisotopic (exact) mass is 554 g/mol. The van der Waals surface area contributed by atoms with Gasteiger partial charge >= 0.3 is 6.09 Å². The van der Waals surface area contributed by atoms with E-state index in [1.807, 2.05) is 0 Å². The number of alkyl halides is 2. The minimum Gasteiger partial charge on any atom is -0.444 e. The van der Waals surface area contributed by atoms with Crippen molar-refractivity contribution in [1.29, 1.82) is 0 Å². The lowest BCUT2D eigenvalue weighted by atomic mass is 9.91. The molecule has 0 unspecified atom stereocenters. The zero-order valence-corrected chi connectivity index (χ0v) is 22.9. The molecule has 2 aromatic heterocycles. The molecule has 2 aromatic rings. The number of ether oxygens (including phenoxy) is 1. The van der Waals surface area contributed by atoms with E-state index in [2.05, 4.69) is 26.4 Å². The summed E-state index contributed by atoms with van der Waals surface area (Å²) in [5, 5.41) is 16.5. The summed E-state index contributed by atoms with van der Waals surface area (Å²) in [6, 6.07) is 1.17. The third kappa shape index (κ3) is 7.16. The van der Waals surface area contributed by atoms with Crippen molar-refractivity contribution < 1.29 is 23.1 Å². The summed E-state index contributed by atoms with van der Waals surface area (Å²) in [5.41, 5.74) is 0.332. The van der Waals surface area contributed by atoms with E-state index in [0.29, 0.717) is 41.7 Å². The number of aryl methyl sites for hydroxylation is 2. The first kappa shape index (κ1) is 27.2. The fourth-order valence-corrected chi connectivity index (χ4v) is 5.63. The first-order chi connectivity index (χ1) is 17.4. The van der Waals surface area contributed by atoms with Crippen molar-refractivity contribution in [3.63, 3.8) is 0 Å². The Kier molecular flexibility index (Phi) is 8.02. The lowest BCUT2D eigenvalue weighted by molar-refractivity contribution is 0.0636. The van der Waals surface area contributed by atoms with Crippen LogP contribution in [0.3, 0.4) is 0 Å². The van der Waals surface area contributed by atoms with Crippen LogP contribution in [0.15, 0.2) is 6.07 Å². The second kappa shape index (κ2) is 10.9. The molecule has 2 heterocycles. The van der Waals surface area contributed by atoms with Crippen LogP contribution >= 0.6 is 23.6 Å². The van der Waals surface area contributed by atoms with Crippen LogP contribution in [0.2, 0.25) is 0 Å². The summed E-state index contributed by atoms with van der Waals surface area (Å²) < 4.78 is 32.6. The zero-order valence-electron chi connectivity index (χ0n) is 21.2. The van der Waals surface area contributed by atoms with Gasteiger partial charge in [0, 0.05) is 30.6 Å². The third-order valence-electron chi connectivity index (χ3n) is 6.05. The Balaban J connectivity index is 1.48. The maximum Gasteiger partial charge on any atom is 0.412 e. The smallest absolute Gasteiger partial charge is 0.412 e. The molecule has 4 rings (SSSR count). The highest BCUT2D eigenvalue weighted by atomic mass is 32.1. The molecule has 202 valence electrons. The van der Waals surface area contributed by atoms with Crippen molar-refractivity contribution >= 4 is 51.5 Å². The van der Waals surface area contributed by atoms with Gasteiger partial charge in [-0.1, -0.05) is 0 Å². The minimum atomic E-state index is -2.67. The number of nitrogens with one attached hydrogen (secondary N) is 4. The second-order valence-corrected chi connectivity index (χ2v) is 11.9. The van der Waals surface area contributed by atoms with Gasteiger partial charge in [0.25, 0.3) is 12.3 Å². The quantitative estimate of drug-likeness (QED) is 0.366. The Bertz CT molecular complexity index is 1190. The number of aromatic nitrogens is 2. The molecule has 1 saturated carbocycles. The van der Waals surface area contributed by atoms with E-state index in [-0.39, 0.29) is 22.8 Å². The van der Waals surface area contributed by atoms with Crippen molar-refractivity contribution in [1.82, 2.24) is 20.4 Å². The number of nitrogens with zero attached hydrogens (tertiary/aromatic N) is 2. The highest BCUT2D eigenvalue weighted by Crippen LogP contribution is 2.39. The van der Waals surface area contributed by atoms with Crippen LogP contribution in [0.4, 0.5) is 24.4 Å². The molecule has 0 radical (unpaired) electrons. The number of amides is 2. The largest absolute Gasteiger partial charge is 0.444 e. The lowest BCUT2D eigenvalue weighted by Gasteiger charge is -2.25. The van der Waals surface area contributed by atoms with E-state index < -0.39 is 18.1 Å². The zero-order chi connectivity index (χ0) is 26.9. The number of thiocarbonyl (C=S) groups is 1. The van der Waals surface area contributed by atoms with Crippen LogP contribution in [-0.4, -0.2) is 45.1 Å². The topological polar surface area (TPSA) is 109 Å². The van der Waals surface area contributed by atoms with E-state index in [0.717, 1.165) is 29.7 Å². The molecule has 0 saturated heterocycles. The summed E-state index contributed by atoms with van der Waals surface area (Å²) in [4.78, 5) is 26.8. The molecule has 13 heteroatoms. The van der Waals surface area contributed by atoms with Gasteiger partial charge in [-0.05, 0) is 76.6 Å². The highest BCUT2D eigenvalue weighted by Gasteiger charge is 2.32. The molecule has 0 aromatic carbocycles. The van der Waals surface area contributed by atoms with Crippen LogP contribution in [0.25, 0.3) is 0 Å². The van der Waals surface area contributed by atoms with Crippen LogP contribution in [0, 0.1) is 5.92 Å². The van der Waals surface area contributed by atoms with Gasteiger partial charge in [-0.2, -0.15) is 5.10 Å². The van der Waals surface area contributed by atoms with Crippen molar-refractivity contribution in [3.8, 4) is 0 Å². The summed E-state index contributed by atoms with van der Waals surface area (Å²) in [6.07, 6.45) is 0.892. The second-order valence-electron chi connectivity index (χ2n) is 10.4. The van der Waals surface area contributed by atoms with Gasteiger partial charge in [-0.25, -0.2) is 13.6 Å². The summed E-state index contributed by atoms with van der Waals surface area (Å²) in [6.45, 7) is 5.95. The van der Waals surface area contributed by atoms with Gasteiger partial charge in [0.2, 0.25) is 0 Å². The molecule has 2 aliphatic rings. The van der Waals surface area contributed by atoms with Crippen molar-refractivity contribution in [2.24, 2.45) is 13.0 Å². The number of halogens is 2.